The number of methoxy groups -OCH3 is 1. The molecule has 0 aliphatic carbocycles. The Morgan fingerprint density at radius 3 is 2.53 bits per heavy atom. The Morgan fingerprint density at radius 1 is 1.19 bits per heavy atom. The second kappa shape index (κ2) is 10.1. The average Bonchev–Trinajstić information content (AvgIpc) is 3.34. The van der Waals surface area contributed by atoms with Gasteiger partial charge in [-0.05, 0) is 37.1 Å². The first-order valence-corrected chi connectivity index (χ1v) is 11.0. The topological polar surface area (TPSA) is 124 Å². The average molecular weight is 453 g/mol. The second-order valence-electron chi connectivity index (χ2n) is 7.22. The molecule has 10 nitrogen and oxygen atoms in total. The van der Waals surface area contributed by atoms with E-state index in [9.17, 15) is 0 Å². The molecule has 0 atom stereocenters. The molecule has 2 aromatic heterocycles. The van der Waals surface area contributed by atoms with Gasteiger partial charge in [-0.2, -0.15) is 5.53 Å². The van der Waals surface area contributed by atoms with E-state index in [2.05, 4.69) is 25.5 Å². The first-order chi connectivity index (χ1) is 15.7. The number of nitrogens with one attached hydrogen (secondary N) is 2. The predicted molar refractivity (Wildman–Crippen MR) is 122 cm³/mol. The Kier molecular flexibility index (Phi) is 6.85. The molecule has 1 fully saturated rings. The minimum Gasteiger partial charge on any atom is -0.494 e. The normalized spacial score (nSPS) is 14.1. The van der Waals surface area contributed by atoms with Crippen molar-refractivity contribution in [3.05, 3.63) is 52.7 Å². The summed E-state index contributed by atoms with van der Waals surface area (Å²) in [4.78, 5) is 15.8. The van der Waals surface area contributed by atoms with E-state index in [1.54, 1.807) is 55.1 Å². The van der Waals surface area contributed by atoms with Crippen LogP contribution in [0.1, 0.15) is 29.5 Å². The fourth-order valence-electron chi connectivity index (χ4n) is 3.49. The van der Waals surface area contributed by atoms with Gasteiger partial charge in [0, 0.05) is 24.4 Å². The fraction of sp³-hybridized carbons (Fsp3) is 0.333. The molecule has 166 valence electrons. The third-order valence-electron chi connectivity index (χ3n) is 5.26. The third-order valence-corrected chi connectivity index (χ3v) is 6.32. The number of aromatic nitrogens is 3. The molecule has 1 saturated heterocycles. The Balaban J connectivity index is 1.28. The lowest BCUT2D eigenvalue weighted by Crippen LogP contribution is -2.34. The molecular weight excluding hydrogens is 428 g/mol. The number of hydrogen-bond donors (Lipinski definition) is 2. The first-order valence-electron chi connectivity index (χ1n) is 10.2. The van der Waals surface area contributed by atoms with E-state index in [0.29, 0.717) is 29.7 Å². The van der Waals surface area contributed by atoms with Gasteiger partial charge in [-0.1, -0.05) is 5.22 Å². The number of nitrogens with zero attached hydrogens (tertiary/aromatic N) is 6. The summed E-state index contributed by atoms with van der Waals surface area (Å²) in [5.41, 5.74) is 8.59. The Morgan fingerprint density at radius 2 is 1.91 bits per heavy atom. The van der Waals surface area contributed by atoms with Crippen molar-refractivity contribution < 1.29 is 9.47 Å². The minimum absolute atomic E-state index is 0.394. The van der Waals surface area contributed by atoms with Crippen molar-refractivity contribution in [2.75, 3.05) is 30.1 Å². The zero-order valence-corrected chi connectivity index (χ0v) is 18.5. The summed E-state index contributed by atoms with van der Waals surface area (Å²) >= 11 is 1.68. The van der Waals surface area contributed by atoms with Gasteiger partial charge in [0.2, 0.25) is 5.95 Å². The van der Waals surface area contributed by atoms with Crippen molar-refractivity contribution in [3.63, 3.8) is 0 Å². The first kappa shape index (κ1) is 21.6. The lowest BCUT2D eigenvalue weighted by Gasteiger charge is -2.31. The van der Waals surface area contributed by atoms with Crippen LogP contribution in [0.15, 0.2) is 47.3 Å². The van der Waals surface area contributed by atoms with Gasteiger partial charge in [-0.15, -0.1) is 11.3 Å². The number of thiazole rings is 1. The predicted octanol–water partition coefficient (Wildman–Crippen LogP) is 4.26. The zero-order valence-electron chi connectivity index (χ0n) is 17.6. The molecule has 3 aromatic rings. The molecule has 0 spiro atoms. The number of anilines is 2. The summed E-state index contributed by atoms with van der Waals surface area (Å²) in [5.74, 6) is 2.53. The molecular formula is C21H24N8O2S. The van der Waals surface area contributed by atoms with Crippen molar-refractivity contribution in [1.82, 2.24) is 15.0 Å². The molecule has 0 unspecified atom stereocenters. The van der Waals surface area contributed by atoms with Crippen LogP contribution in [0, 0.1) is 10.9 Å². The molecule has 3 heterocycles. The summed E-state index contributed by atoms with van der Waals surface area (Å²) < 4.78 is 11.0. The maximum Gasteiger partial charge on any atom is 0.225 e. The van der Waals surface area contributed by atoms with E-state index in [4.69, 9.17) is 25.4 Å². The highest BCUT2D eigenvalue weighted by atomic mass is 32.1. The molecule has 0 radical (unpaired) electrons. The summed E-state index contributed by atoms with van der Waals surface area (Å²) in [6.45, 7) is 2.18. The Hall–Kier alpha value is -3.60. The van der Waals surface area contributed by atoms with Crippen LogP contribution < -0.4 is 19.4 Å². The molecule has 0 saturated carbocycles. The summed E-state index contributed by atoms with van der Waals surface area (Å²) in [5, 5.41) is 14.8. The van der Waals surface area contributed by atoms with Gasteiger partial charge >= 0.3 is 0 Å². The van der Waals surface area contributed by atoms with E-state index in [0.717, 1.165) is 53.9 Å². The molecule has 1 aromatic carbocycles. The summed E-state index contributed by atoms with van der Waals surface area (Å²) in [6.07, 6.45) is 6.39. The lowest BCUT2D eigenvalue weighted by atomic mass is 9.98. The Bertz CT molecular complexity index is 1020. The summed E-state index contributed by atoms with van der Waals surface area (Å²) in [7, 11) is 1.61. The van der Waals surface area contributed by atoms with Gasteiger partial charge < -0.3 is 14.4 Å². The van der Waals surface area contributed by atoms with Crippen molar-refractivity contribution in [3.8, 4) is 11.5 Å². The van der Waals surface area contributed by atoms with Gasteiger partial charge in [0.15, 0.2) is 5.75 Å². The fourth-order valence-corrected chi connectivity index (χ4v) is 4.47. The van der Waals surface area contributed by atoms with Crippen LogP contribution in [0.2, 0.25) is 0 Å². The lowest BCUT2D eigenvalue weighted by molar-refractivity contribution is 0.301. The highest BCUT2D eigenvalue weighted by molar-refractivity contribution is 7.09. The minimum atomic E-state index is 0.394. The van der Waals surface area contributed by atoms with E-state index in [-0.39, 0.29) is 0 Å². The van der Waals surface area contributed by atoms with Crippen LogP contribution >= 0.6 is 11.3 Å². The van der Waals surface area contributed by atoms with Crippen LogP contribution in [0.25, 0.3) is 0 Å². The SMILES string of the molecule is COc1cnc(N2CCC(c3nc(COc4ccc(N(C=N)N=N)cc4)cs3)CC2)nc1. The zero-order chi connectivity index (χ0) is 22.3. The number of rotatable bonds is 9. The van der Waals surface area contributed by atoms with E-state index < -0.39 is 0 Å². The third kappa shape index (κ3) is 4.99. The van der Waals surface area contributed by atoms with E-state index in [1.807, 2.05) is 0 Å². The van der Waals surface area contributed by atoms with Crippen molar-refractivity contribution in [2.45, 2.75) is 25.4 Å². The highest BCUT2D eigenvalue weighted by Crippen LogP contribution is 2.32. The Labute approximate surface area is 189 Å². The molecule has 1 aliphatic rings. The highest BCUT2D eigenvalue weighted by Gasteiger charge is 2.24. The van der Waals surface area contributed by atoms with Gasteiger partial charge in [0.25, 0.3) is 0 Å². The van der Waals surface area contributed by atoms with Crippen LogP contribution in [-0.2, 0) is 6.61 Å². The second-order valence-corrected chi connectivity index (χ2v) is 8.11. The van der Waals surface area contributed by atoms with Crippen LogP contribution in [0.4, 0.5) is 11.6 Å². The molecule has 4 rings (SSSR count). The van der Waals surface area contributed by atoms with Gasteiger partial charge in [-0.25, -0.2) is 20.0 Å². The monoisotopic (exact) mass is 452 g/mol. The number of hydrogen-bond acceptors (Lipinski definition) is 10. The molecule has 11 heteroatoms. The number of piperidine rings is 1. The molecule has 0 amide bonds. The molecule has 1 aliphatic heterocycles. The number of benzene rings is 1. The quantitative estimate of drug-likeness (QED) is 0.215. The number of ether oxygens (including phenoxy) is 2. The molecule has 0 bridgehead atoms. The van der Waals surface area contributed by atoms with Crippen LogP contribution in [0.3, 0.4) is 0 Å². The molecule has 32 heavy (non-hydrogen) atoms. The van der Waals surface area contributed by atoms with Gasteiger partial charge in [-0.3, -0.25) is 5.41 Å². The van der Waals surface area contributed by atoms with Gasteiger partial charge in [0.05, 0.1) is 35.9 Å². The van der Waals surface area contributed by atoms with Crippen molar-refractivity contribution >= 4 is 29.3 Å². The van der Waals surface area contributed by atoms with Gasteiger partial charge in [0.1, 0.15) is 18.7 Å². The standard InChI is InChI=1S/C21H24N8O2S/c1-30-19-10-24-21(25-11-19)28-8-6-15(7-9-28)20-26-16(13-32-20)12-31-18-4-2-17(3-5-18)29(14-22)27-23/h2-5,10-11,13-15,22-23H,6-9,12H2,1H3. The van der Waals surface area contributed by atoms with Crippen LogP contribution in [0.5, 0.6) is 11.5 Å². The smallest absolute Gasteiger partial charge is 0.225 e. The largest absolute Gasteiger partial charge is 0.494 e. The summed E-state index contributed by atoms with van der Waals surface area (Å²) in [6, 6.07) is 7.10. The maximum absolute atomic E-state index is 7.24. The van der Waals surface area contributed by atoms with E-state index >= 15 is 0 Å². The van der Waals surface area contributed by atoms with Crippen LogP contribution in [-0.4, -0.2) is 41.5 Å². The van der Waals surface area contributed by atoms with E-state index in [1.165, 1.54) is 0 Å². The van der Waals surface area contributed by atoms with Crippen molar-refractivity contribution in [2.24, 2.45) is 5.22 Å². The maximum atomic E-state index is 7.24. The van der Waals surface area contributed by atoms with Crippen molar-refractivity contribution in [1.29, 1.82) is 10.9 Å². The molecule has 2 N–H and O–H groups in total.